The Kier molecular flexibility index (Phi) is 5.19. The molecule has 0 radical (unpaired) electrons. The monoisotopic (exact) mass is 481 g/mol. The van der Waals surface area contributed by atoms with E-state index in [0.29, 0.717) is 30.5 Å². The van der Waals surface area contributed by atoms with E-state index in [1.807, 2.05) is 42.5 Å². The van der Waals surface area contributed by atoms with Crippen molar-refractivity contribution in [1.29, 1.82) is 0 Å². The highest BCUT2D eigenvalue weighted by Gasteiger charge is 2.36. The lowest BCUT2D eigenvalue weighted by Crippen LogP contribution is -2.31. The molecule has 1 atom stereocenters. The predicted molar refractivity (Wildman–Crippen MR) is 117 cm³/mol. The third-order valence-electron chi connectivity index (χ3n) is 5.54. The van der Waals surface area contributed by atoms with Crippen molar-refractivity contribution in [1.82, 2.24) is 20.2 Å². The van der Waals surface area contributed by atoms with Crippen LogP contribution in [0.4, 0.5) is 5.95 Å². The van der Waals surface area contributed by atoms with Crippen LogP contribution >= 0.6 is 15.9 Å². The number of benzene rings is 2. The number of ketones is 1. The van der Waals surface area contributed by atoms with Gasteiger partial charge in [0, 0.05) is 22.2 Å². The number of tetrazole rings is 1. The second kappa shape index (κ2) is 8.14. The molecule has 9 heteroatoms. The summed E-state index contributed by atoms with van der Waals surface area (Å²) < 4.78 is 14.3. The lowest BCUT2D eigenvalue weighted by Gasteiger charge is -2.31. The van der Waals surface area contributed by atoms with Crippen LogP contribution in [0.3, 0.4) is 0 Å². The van der Waals surface area contributed by atoms with E-state index in [2.05, 4.69) is 36.8 Å². The average Bonchev–Trinajstić information content (AvgIpc) is 3.25. The Bertz CT molecular complexity index is 1170. The molecule has 3 aromatic rings. The molecule has 2 aromatic carbocycles. The van der Waals surface area contributed by atoms with Crippen molar-refractivity contribution in [3.8, 4) is 11.5 Å². The summed E-state index contributed by atoms with van der Waals surface area (Å²) >= 11 is 3.44. The quantitative estimate of drug-likeness (QED) is 0.587. The van der Waals surface area contributed by atoms with E-state index >= 15 is 0 Å². The number of hydrogen-bond acceptors (Lipinski definition) is 7. The number of fused-ring (bicyclic) bond motifs is 1. The largest absolute Gasteiger partial charge is 0.493 e. The van der Waals surface area contributed by atoms with Gasteiger partial charge in [-0.25, -0.2) is 0 Å². The van der Waals surface area contributed by atoms with Crippen molar-refractivity contribution in [2.75, 3.05) is 12.4 Å². The van der Waals surface area contributed by atoms with Crippen LogP contribution in [0.5, 0.6) is 11.5 Å². The average molecular weight is 482 g/mol. The molecule has 0 spiro atoms. The van der Waals surface area contributed by atoms with Crippen LogP contribution in [-0.2, 0) is 11.4 Å². The zero-order valence-electron chi connectivity index (χ0n) is 16.8. The Labute approximate surface area is 187 Å². The van der Waals surface area contributed by atoms with Gasteiger partial charge in [0.25, 0.3) is 0 Å². The summed E-state index contributed by atoms with van der Waals surface area (Å²) in [5.41, 5.74) is 3.54. The highest BCUT2D eigenvalue weighted by Crippen LogP contribution is 2.41. The normalized spacial score (nSPS) is 17.6. The molecule has 0 bridgehead atoms. The van der Waals surface area contributed by atoms with Crippen LogP contribution in [0.15, 0.2) is 58.2 Å². The highest BCUT2D eigenvalue weighted by molar-refractivity contribution is 9.10. The van der Waals surface area contributed by atoms with Gasteiger partial charge in [-0.1, -0.05) is 39.2 Å². The molecule has 0 fully saturated rings. The second-order valence-electron chi connectivity index (χ2n) is 7.47. The first-order valence-electron chi connectivity index (χ1n) is 10.0. The van der Waals surface area contributed by atoms with Gasteiger partial charge in [0.05, 0.1) is 7.11 Å². The summed E-state index contributed by atoms with van der Waals surface area (Å²) in [6, 6.07) is 13.3. The fourth-order valence-corrected chi connectivity index (χ4v) is 4.31. The number of carbonyl (C=O) groups is 1. The number of ether oxygens (including phenoxy) is 2. The van der Waals surface area contributed by atoms with E-state index in [-0.39, 0.29) is 5.78 Å². The van der Waals surface area contributed by atoms with Gasteiger partial charge in [-0.15, -0.1) is 0 Å². The molecule has 1 aliphatic heterocycles. The molecule has 2 aliphatic rings. The topological polar surface area (TPSA) is 91.2 Å². The maximum absolute atomic E-state index is 12.8. The Morgan fingerprint density at radius 1 is 1.16 bits per heavy atom. The molecule has 8 nitrogen and oxygen atoms in total. The number of carbonyl (C=O) groups excluding carboxylic acids is 1. The van der Waals surface area contributed by atoms with Crippen LogP contribution in [0, 0.1) is 0 Å². The Morgan fingerprint density at radius 2 is 2.00 bits per heavy atom. The molecule has 5 rings (SSSR count). The maximum atomic E-state index is 12.8. The van der Waals surface area contributed by atoms with Crippen molar-refractivity contribution in [2.24, 2.45) is 0 Å². The van der Waals surface area contributed by atoms with Crippen molar-refractivity contribution >= 4 is 27.7 Å². The standard InChI is InChI=1S/C22H20BrN5O3/c1-30-19-11-14(7-10-18(19)31-12-13-5-8-15(23)9-6-13)21-20-16(3-2-4-17(20)29)24-22-25-26-27-28(21)22/h5-11,21H,2-4,12H2,1H3,(H,24,25,27). The predicted octanol–water partition coefficient (Wildman–Crippen LogP) is 4.05. The first-order valence-corrected chi connectivity index (χ1v) is 10.8. The van der Waals surface area contributed by atoms with Gasteiger partial charge in [0.15, 0.2) is 17.3 Å². The zero-order valence-corrected chi connectivity index (χ0v) is 18.4. The lowest BCUT2D eigenvalue weighted by atomic mass is 9.85. The summed E-state index contributed by atoms with van der Waals surface area (Å²) in [5, 5.41) is 15.2. The minimum atomic E-state index is -0.400. The smallest absolute Gasteiger partial charge is 0.248 e. The minimum Gasteiger partial charge on any atom is -0.493 e. The summed E-state index contributed by atoms with van der Waals surface area (Å²) in [4.78, 5) is 12.8. The zero-order chi connectivity index (χ0) is 21.4. The molecule has 1 unspecified atom stereocenters. The van der Waals surface area contributed by atoms with Gasteiger partial charge in [-0.2, -0.15) is 4.68 Å². The number of rotatable bonds is 5. The summed E-state index contributed by atoms with van der Waals surface area (Å²) in [7, 11) is 1.60. The SMILES string of the molecule is COc1cc(C2C3=C(CCCC3=O)Nc3nnnn32)ccc1OCc1ccc(Br)cc1. The van der Waals surface area contributed by atoms with Crippen LogP contribution in [0.1, 0.15) is 36.4 Å². The number of aromatic nitrogens is 4. The summed E-state index contributed by atoms with van der Waals surface area (Å²) in [5.74, 6) is 1.87. The fourth-order valence-electron chi connectivity index (χ4n) is 4.04. The Hall–Kier alpha value is -3.20. The molecule has 158 valence electrons. The molecule has 1 aromatic heterocycles. The van der Waals surface area contributed by atoms with E-state index in [9.17, 15) is 4.79 Å². The number of hydrogen-bond donors (Lipinski definition) is 1. The minimum absolute atomic E-state index is 0.120. The summed E-state index contributed by atoms with van der Waals surface area (Å²) in [6.07, 6.45) is 2.15. The molecule has 0 saturated heterocycles. The van der Waals surface area contributed by atoms with E-state index in [4.69, 9.17) is 9.47 Å². The molecule has 1 N–H and O–H groups in total. The number of anilines is 1. The Balaban J connectivity index is 1.48. The highest BCUT2D eigenvalue weighted by atomic mass is 79.9. The van der Waals surface area contributed by atoms with E-state index in [0.717, 1.165) is 39.7 Å². The van der Waals surface area contributed by atoms with Crippen LogP contribution < -0.4 is 14.8 Å². The van der Waals surface area contributed by atoms with E-state index < -0.39 is 6.04 Å². The number of methoxy groups -OCH3 is 1. The first kappa shape index (κ1) is 19.7. The van der Waals surface area contributed by atoms with Crippen molar-refractivity contribution < 1.29 is 14.3 Å². The van der Waals surface area contributed by atoms with Crippen molar-refractivity contribution in [2.45, 2.75) is 31.9 Å². The number of Topliss-reactive ketones (excluding diaryl/α,β-unsaturated/α-hetero) is 1. The Morgan fingerprint density at radius 3 is 2.81 bits per heavy atom. The number of nitrogens with zero attached hydrogens (tertiary/aromatic N) is 4. The molecular formula is C22H20BrN5O3. The second-order valence-corrected chi connectivity index (χ2v) is 8.38. The van der Waals surface area contributed by atoms with Gasteiger partial charge in [-0.3, -0.25) is 4.79 Å². The van der Waals surface area contributed by atoms with Gasteiger partial charge in [0.2, 0.25) is 5.95 Å². The molecule has 0 saturated carbocycles. The first-order chi connectivity index (χ1) is 15.1. The van der Waals surface area contributed by atoms with Gasteiger partial charge in [-0.05, 0) is 58.7 Å². The molecule has 31 heavy (non-hydrogen) atoms. The van der Waals surface area contributed by atoms with Crippen molar-refractivity contribution in [3.05, 3.63) is 69.3 Å². The number of nitrogens with one attached hydrogen (secondary N) is 1. The molecular weight excluding hydrogens is 462 g/mol. The van der Waals surface area contributed by atoms with Crippen LogP contribution in [0.25, 0.3) is 0 Å². The van der Waals surface area contributed by atoms with Crippen LogP contribution in [-0.4, -0.2) is 33.1 Å². The maximum Gasteiger partial charge on any atom is 0.248 e. The third kappa shape index (κ3) is 3.69. The third-order valence-corrected chi connectivity index (χ3v) is 6.07. The molecule has 2 heterocycles. The van der Waals surface area contributed by atoms with Crippen LogP contribution in [0.2, 0.25) is 0 Å². The molecule has 0 amide bonds. The summed E-state index contributed by atoms with van der Waals surface area (Å²) in [6.45, 7) is 0.418. The van der Waals surface area contributed by atoms with E-state index in [1.165, 1.54) is 0 Å². The molecule has 1 aliphatic carbocycles. The van der Waals surface area contributed by atoms with Crippen molar-refractivity contribution in [3.63, 3.8) is 0 Å². The van der Waals surface area contributed by atoms with Gasteiger partial charge < -0.3 is 14.8 Å². The lowest BCUT2D eigenvalue weighted by molar-refractivity contribution is -0.116. The number of allylic oxidation sites excluding steroid dienone is 2. The van der Waals surface area contributed by atoms with Gasteiger partial charge >= 0.3 is 0 Å². The van der Waals surface area contributed by atoms with E-state index in [1.54, 1.807) is 11.8 Å². The fraction of sp³-hybridized carbons (Fsp3) is 0.273. The van der Waals surface area contributed by atoms with Gasteiger partial charge in [0.1, 0.15) is 12.6 Å². The number of halogens is 1.